The average Bonchev–Trinajstić information content (AvgIpc) is 2.40. The Kier molecular flexibility index (Phi) is 6.57. The minimum atomic E-state index is -1.23. The Balaban J connectivity index is 3.12. The molecule has 124 valence electrons. The SMILES string of the molecule is CC(=O)O[C@@H]1[C@@H](OC(C)=O)[C@H](OC(C)=O)CO[C@@H]1/C(Cl)=N\O. The number of oxime groups is 1. The largest absolute Gasteiger partial charge is 0.456 e. The Morgan fingerprint density at radius 3 is 2.00 bits per heavy atom. The van der Waals surface area contributed by atoms with Crippen LogP contribution in [0.15, 0.2) is 5.16 Å². The minimum Gasteiger partial charge on any atom is -0.456 e. The van der Waals surface area contributed by atoms with E-state index in [1.54, 1.807) is 0 Å². The number of ether oxygens (including phenoxy) is 4. The summed E-state index contributed by atoms with van der Waals surface area (Å²) in [4.78, 5) is 33.6. The molecule has 9 nitrogen and oxygen atoms in total. The van der Waals surface area contributed by atoms with E-state index >= 15 is 0 Å². The molecule has 0 bridgehead atoms. The number of hydrogen-bond donors (Lipinski definition) is 1. The van der Waals surface area contributed by atoms with E-state index in [2.05, 4.69) is 5.16 Å². The van der Waals surface area contributed by atoms with Gasteiger partial charge in [0.15, 0.2) is 29.6 Å². The number of halogens is 1. The lowest BCUT2D eigenvalue weighted by atomic mass is 9.99. The molecule has 1 rings (SSSR count). The maximum absolute atomic E-state index is 11.3. The summed E-state index contributed by atoms with van der Waals surface area (Å²) in [5.74, 6) is -2.02. The first-order valence-electron chi connectivity index (χ1n) is 6.27. The molecule has 0 aromatic carbocycles. The first-order valence-corrected chi connectivity index (χ1v) is 6.64. The molecule has 4 atom stereocenters. The maximum Gasteiger partial charge on any atom is 0.303 e. The lowest BCUT2D eigenvalue weighted by Gasteiger charge is -2.39. The lowest BCUT2D eigenvalue weighted by molar-refractivity contribution is -0.216. The van der Waals surface area contributed by atoms with Gasteiger partial charge in [-0.1, -0.05) is 16.8 Å². The van der Waals surface area contributed by atoms with E-state index in [1.165, 1.54) is 6.92 Å². The summed E-state index contributed by atoms with van der Waals surface area (Å²) in [5, 5.41) is 11.1. The van der Waals surface area contributed by atoms with E-state index in [1.807, 2.05) is 0 Å². The molecule has 0 radical (unpaired) electrons. The van der Waals surface area contributed by atoms with Gasteiger partial charge in [-0.15, -0.1) is 0 Å². The summed E-state index contributed by atoms with van der Waals surface area (Å²) in [6, 6.07) is 0. The normalized spacial score (nSPS) is 28.6. The van der Waals surface area contributed by atoms with E-state index in [0.29, 0.717) is 0 Å². The first kappa shape index (κ1) is 18.2. The second-order valence-electron chi connectivity index (χ2n) is 4.47. The van der Waals surface area contributed by atoms with Gasteiger partial charge in [-0.3, -0.25) is 14.4 Å². The molecule has 0 aromatic rings. The molecule has 0 unspecified atom stereocenters. The van der Waals surface area contributed by atoms with Gasteiger partial charge in [0.2, 0.25) is 0 Å². The molecule has 10 heteroatoms. The predicted molar refractivity (Wildman–Crippen MR) is 71.5 cm³/mol. The Morgan fingerprint density at radius 2 is 1.55 bits per heavy atom. The van der Waals surface area contributed by atoms with Crippen LogP contribution in [0.3, 0.4) is 0 Å². The van der Waals surface area contributed by atoms with Crippen LogP contribution < -0.4 is 0 Å². The number of hydrogen-bond acceptors (Lipinski definition) is 9. The fourth-order valence-electron chi connectivity index (χ4n) is 2.00. The molecule has 1 aliphatic heterocycles. The highest BCUT2D eigenvalue weighted by atomic mass is 35.5. The summed E-state index contributed by atoms with van der Waals surface area (Å²) in [5.41, 5.74) is 0. The fraction of sp³-hybridized carbons (Fsp3) is 0.667. The lowest BCUT2D eigenvalue weighted by Crippen LogP contribution is -2.58. The van der Waals surface area contributed by atoms with Gasteiger partial charge in [0.1, 0.15) is 0 Å². The third-order valence-corrected chi connectivity index (χ3v) is 2.97. The third-order valence-electron chi connectivity index (χ3n) is 2.68. The molecule has 1 aliphatic rings. The van der Waals surface area contributed by atoms with Gasteiger partial charge < -0.3 is 24.2 Å². The molecule has 0 aliphatic carbocycles. The highest BCUT2D eigenvalue weighted by Crippen LogP contribution is 2.26. The predicted octanol–water partition coefficient (Wildman–Crippen LogP) is 0.207. The molecule has 1 heterocycles. The molecule has 1 N–H and O–H groups in total. The Hall–Kier alpha value is -1.87. The van der Waals surface area contributed by atoms with Crippen LogP contribution in [0.5, 0.6) is 0 Å². The molecule has 0 saturated carbocycles. The van der Waals surface area contributed by atoms with Crippen molar-refractivity contribution in [2.45, 2.75) is 45.2 Å². The van der Waals surface area contributed by atoms with E-state index in [-0.39, 0.29) is 6.61 Å². The van der Waals surface area contributed by atoms with Crippen LogP contribution in [0.4, 0.5) is 0 Å². The van der Waals surface area contributed by atoms with E-state index in [4.69, 9.17) is 35.8 Å². The molecule has 0 amide bonds. The number of carbonyl (C=O) groups is 3. The van der Waals surface area contributed by atoms with E-state index < -0.39 is 47.5 Å². The van der Waals surface area contributed by atoms with Gasteiger partial charge in [-0.25, -0.2) is 0 Å². The molecular weight excluding hydrogens is 322 g/mol. The zero-order chi connectivity index (χ0) is 16.9. The summed E-state index contributed by atoms with van der Waals surface area (Å²) in [6.45, 7) is 3.24. The molecule has 1 saturated heterocycles. The number of rotatable bonds is 4. The van der Waals surface area contributed by atoms with E-state index in [9.17, 15) is 14.4 Å². The average molecular weight is 338 g/mol. The second-order valence-corrected chi connectivity index (χ2v) is 4.86. The van der Waals surface area contributed by atoms with Crippen LogP contribution in [-0.4, -0.2) is 59.3 Å². The Morgan fingerprint density at radius 1 is 1.05 bits per heavy atom. The van der Waals surface area contributed by atoms with Crippen LogP contribution in [0.1, 0.15) is 20.8 Å². The quantitative estimate of drug-likeness (QED) is 0.254. The van der Waals surface area contributed by atoms with Gasteiger partial charge in [0.05, 0.1) is 6.61 Å². The fourth-order valence-corrected chi connectivity index (χ4v) is 2.19. The highest BCUT2D eigenvalue weighted by Gasteiger charge is 2.48. The minimum absolute atomic E-state index is 0.189. The number of nitrogens with zero attached hydrogens (tertiary/aromatic N) is 1. The second kappa shape index (κ2) is 7.95. The molecule has 0 spiro atoms. The Bertz CT molecular complexity index is 480. The van der Waals surface area contributed by atoms with Gasteiger partial charge in [-0.2, -0.15) is 0 Å². The smallest absolute Gasteiger partial charge is 0.303 e. The topological polar surface area (TPSA) is 121 Å². The van der Waals surface area contributed by atoms with Crippen molar-refractivity contribution in [3.63, 3.8) is 0 Å². The zero-order valence-electron chi connectivity index (χ0n) is 12.1. The van der Waals surface area contributed by atoms with Gasteiger partial charge in [-0.05, 0) is 0 Å². The molecule has 22 heavy (non-hydrogen) atoms. The van der Waals surface area contributed by atoms with Crippen molar-refractivity contribution in [3.8, 4) is 0 Å². The van der Waals surface area contributed by atoms with Crippen LogP contribution in [-0.2, 0) is 33.3 Å². The highest BCUT2D eigenvalue weighted by molar-refractivity contribution is 6.66. The summed E-state index contributed by atoms with van der Waals surface area (Å²) in [6.07, 6.45) is -4.54. The monoisotopic (exact) mass is 337 g/mol. The third kappa shape index (κ3) is 4.85. The van der Waals surface area contributed by atoms with Crippen molar-refractivity contribution in [2.24, 2.45) is 5.16 Å². The number of esters is 3. The van der Waals surface area contributed by atoms with Crippen molar-refractivity contribution >= 4 is 34.7 Å². The van der Waals surface area contributed by atoms with Crippen molar-refractivity contribution in [3.05, 3.63) is 0 Å². The van der Waals surface area contributed by atoms with Gasteiger partial charge >= 0.3 is 17.9 Å². The van der Waals surface area contributed by atoms with Crippen LogP contribution in [0, 0.1) is 0 Å². The van der Waals surface area contributed by atoms with Crippen molar-refractivity contribution < 1.29 is 38.5 Å². The molecular formula is C12H16ClNO8. The molecule has 0 aromatic heterocycles. The first-order chi connectivity index (χ1) is 10.3. The van der Waals surface area contributed by atoms with Crippen molar-refractivity contribution in [1.82, 2.24) is 0 Å². The van der Waals surface area contributed by atoms with Crippen molar-refractivity contribution in [2.75, 3.05) is 6.61 Å². The van der Waals surface area contributed by atoms with Gasteiger partial charge in [0.25, 0.3) is 0 Å². The Labute approximate surface area is 131 Å². The zero-order valence-corrected chi connectivity index (χ0v) is 12.9. The maximum atomic E-state index is 11.3. The summed E-state index contributed by atoms with van der Waals surface area (Å²) in [7, 11) is 0. The van der Waals surface area contributed by atoms with Crippen LogP contribution in [0.2, 0.25) is 0 Å². The van der Waals surface area contributed by atoms with Gasteiger partial charge in [0, 0.05) is 20.8 Å². The standard InChI is InChI=1S/C12H16ClNO8/c1-5(15)20-8-4-19-11(12(13)14-18)10(22-7(3)17)9(8)21-6(2)16/h8-11,18H,4H2,1-3H3/b14-12+/t8-,9+,10-,11+/m1/s1. The van der Waals surface area contributed by atoms with Crippen LogP contribution in [0.25, 0.3) is 0 Å². The number of carbonyl (C=O) groups excluding carboxylic acids is 3. The van der Waals surface area contributed by atoms with Crippen molar-refractivity contribution in [1.29, 1.82) is 0 Å². The van der Waals surface area contributed by atoms with Crippen LogP contribution >= 0.6 is 11.6 Å². The van der Waals surface area contributed by atoms with E-state index in [0.717, 1.165) is 13.8 Å². The summed E-state index contributed by atoms with van der Waals surface area (Å²) < 4.78 is 20.4. The summed E-state index contributed by atoms with van der Waals surface area (Å²) >= 11 is 5.71. The molecule has 1 fully saturated rings.